The van der Waals surface area contributed by atoms with Gasteiger partial charge in [0.05, 0.1) is 11.6 Å². The van der Waals surface area contributed by atoms with E-state index in [0.29, 0.717) is 12.1 Å². The summed E-state index contributed by atoms with van der Waals surface area (Å²) < 4.78 is 0. The Balaban J connectivity index is 2.27. The predicted octanol–water partition coefficient (Wildman–Crippen LogP) is 1.81. The van der Waals surface area contributed by atoms with Gasteiger partial charge in [-0.1, -0.05) is 12.1 Å². The molecule has 0 radical (unpaired) electrons. The number of oxime groups is 1. The van der Waals surface area contributed by atoms with Gasteiger partial charge in [0.1, 0.15) is 5.75 Å². The zero-order chi connectivity index (χ0) is 13.1. The first kappa shape index (κ1) is 12.2. The van der Waals surface area contributed by atoms with Crippen molar-refractivity contribution in [3.8, 4) is 5.75 Å². The van der Waals surface area contributed by atoms with E-state index >= 15 is 0 Å². The van der Waals surface area contributed by atoms with Crippen molar-refractivity contribution in [2.45, 2.75) is 19.4 Å². The summed E-state index contributed by atoms with van der Waals surface area (Å²) in [5.41, 5.74) is 1.35. The van der Waals surface area contributed by atoms with Crippen LogP contribution < -0.4 is 0 Å². The van der Waals surface area contributed by atoms with Crippen molar-refractivity contribution in [3.05, 3.63) is 34.7 Å². The molecule has 0 fully saturated rings. The molecule has 0 aromatic heterocycles. The summed E-state index contributed by atoms with van der Waals surface area (Å²) in [5, 5.41) is 15.5. The first-order valence-corrected chi connectivity index (χ1v) is 5.57. The Morgan fingerprint density at radius 2 is 2.11 bits per heavy atom. The van der Waals surface area contributed by atoms with Gasteiger partial charge in [-0.3, -0.25) is 4.79 Å². The Morgan fingerprint density at radius 1 is 1.44 bits per heavy atom. The number of hydrogen-bond acceptors (Lipinski definition) is 5. The molecule has 0 saturated carbocycles. The molecule has 1 N–H and O–H groups in total. The number of phenolic OH excluding ortho intramolecular Hbond substituents is 1. The minimum atomic E-state index is -0.934. The van der Waals surface area contributed by atoms with Gasteiger partial charge in [0, 0.05) is 10.7 Å². The van der Waals surface area contributed by atoms with Crippen molar-refractivity contribution in [2.75, 3.05) is 0 Å². The lowest BCUT2D eigenvalue weighted by molar-refractivity contribution is -0.129. The Labute approximate surface area is 103 Å². The highest BCUT2D eigenvalue weighted by atomic mass is 16.6. The van der Waals surface area contributed by atoms with E-state index in [1.807, 2.05) is 6.92 Å². The molecule has 1 heterocycles. The van der Waals surface area contributed by atoms with Crippen molar-refractivity contribution in [3.63, 3.8) is 0 Å². The van der Waals surface area contributed by atoms with Crippen molar-refractivity contribution in [1.82, 2.24) is 0 Å². The largest absolute Gasteiger partial charge is 0.508 e. The van der Waals surface area contributed by atoms with Crippen LogP contribution in [0.5, 0.6) is 5.75 Å². The van der Waals surface area contributed by atoms with Gasteiger partial charge >= 0.3 is 5.91 Å². The van der Waals surface area contributed by atoms with Crippen LogP contribution in [-0.2, 0) is 9.63 Å². The second-order valence-electron chi connectivity index (χ2n) is 3.99. The SMILES string of the molecule is CCC1C(c2ccc(O)cc2)=NOC1C(=O)N=O. The number of nitrogens with zero attached hydrogens (tertiary/aromatic N) is 2. The molecule has 1 amide bonds. The van der Waals surface area contributed by atoms with Gasteiger partial charge in [-0.15, -0.1) is 4.91 Å². The third-order valence-corrected chi connectivity index (χ3v) is 2.92. The number of phenols is 1. The fourth-order valence-corrected chi connectivity index (χ4v) is 1.97. The zero-order valence-corrected chi connectivity index (χ0v) is 9.74. The predicted molar refractivity (Wildman–Crippen MR) is 64.1 cm³/mol. The minimum Gasteiger partial charge on any atom is -0.508 e. The molecule has 2 rings (SSSR count). The molecule has 6 heteroatoms. The van der Waals surface area contributed by atoms with E-state index in [9.17, 15) is 14.8 Å². The van der Waals surface area contributed by atoms with E-state index in [-0.39, 0.29) is 11.7 Å². The number of rotatable bonds is 3. The molecule has 2 unspecified atom stereocenters. The summed E-state index contributed by atoms with van der Waals surface area (Å²) in [4.78, 5) is 26.6. The number of carbonyl (C=O) groups is 1. The van der Waals surface area contributed by atoms with Gasteiger partial charge in [0.2, 0.25) is 6.10 Å². The second kappa shape index (κ2) is 4.95. The number of amides is 1. The van der Waals surface area contributed by atoms with Gasteiger partial charge in [0.25, 0.3) is 0 Å². The molecular formula is C12H12N2O4. The average Bonchev–Trinajstić information content (AvgIpc) is 2.82. The van der Waals surface area contributed by atoms with Crippen LogP contribution in [0.25, 0.3) is 0 Å². The summed E-state index contributed by atoms with van der Waals surface area (Å²) in [5.74, 6) is -0.993. The Kier molecular flexibility index (Phi) is 3.36. The summed E-state index contributed by atoms with van der Waals surface area (Å²) in [6, 6.07) is 6.41. The molecule has 2 atom stereocenters. The lowest BCUT2D eigenvalue weighted by Crippen LogP contribution is -2.29. The first-order valence-electron chi connectivity index (χ1n) is 5.57. The third-order valence-electron chi connectivity index (χ3n) is 2.92. The molecule has 0 saturated heterocycles. The summed E-state index contributed by atoms with van der Waals surface area (Å²) in [7, 11) is 0. The Morgan fingerprint density at radius 3 is 2.67 bits per heavy atom. The molecule has 1 aliphatic rings. The van der Waals surface area contributed by atoms with Gasteiger partial charge in [-0.05, 0) is 30.7 Å². The maximum atomic E-state index is 11.3. The van der Waals surface area contributed by atoms with E-state index in [2.05, 4.69) is 10.3 Å². The lowest BCUT2D eigenvalue weighted by atomic mass is 9.90. The number of benzene rings is 1. The first-order chi connectivity index (χ1) is 8.67. The summed E-state index contributed by atoms with van der Waals surface area (Å²) in [6.07, 6.45) is -0.331. The van der Waals surface area contributed by atoms with Crippen LogP contribution in [-0.4, -0.2) is 22.8 Å². The monoisotopic (exact) mass is 248 g/mol. The highest BCUT2D eigenvalue weighted by Crippen LogP contribution is 2.27. The highest BCUT2D eigenvalue weighted by Gasteiger charge is 2.39. The molecule has 1 aromatic rings. The van der Waals surface area contributed by atoms with Crippen molar-refractivity contribution >= 4 is 11.6 Å². The summed E-state index contributed by atoms with van der Waals surface area (Å²) in [6.45, 7) is 1.88. The number of carbonyl (C=O) groups excluding carboxylic acids is 1. The van der Waals surface area contributed by atoms with Crippen molar-refractivity contribution < 1.29 is 14.7 Å². The average molecular weight is 248 g/mol. The fraction of sp³-hybridized carbons (Fsp3) is 0.333. The van der Waals surface area contributed by atoms with Gasteiger partial charge < -0.3 is 9.94 Å². The molecule has 6 nitrogen and oxygen atoms in total. The molecule has 1 aliphatic heterocycles. The fourth-order valence-electron chi connectivity index (χ4n) is 1.97. The van der Waals surface area contributed by atoms with Gasteiger partial charge in [0.15, 0.2) is 0 Å². The zero-order valence-electron chi connectivity index (χ0n) is 9.74. The number of aromatic hydroxyl groups is 1. The van der Waals surface area contributed by atoms with Gasteiger partial charge in [-0.25, -0.2) is 0 Å². The van der Waals surface area contributed by atoms with E-state index < -0.39 is 12.0 Å². The molecule has 0 aliphatic carbocycles. The number of hydrogen-bond donors (Lipinski definition) is 1. The van der Waals surface area contributed by atoms with Crippen LogP contribution in [0.1, 0.15) is 18.9 Å². The third kappa shape index (κ3) is 2.09. The molecular weight excluding hydrogens is 236 g/mol. The minimum absolute atomic E-state index is 0.147. The Bertz CT molecular complexity index is 495. The van der Waals surface area contributed by atoms with Crippen molar-refractivity contribution in [2.24, 2.45) is 16.3 Å². The van der Waals surface area contributed by atoms with E-state index in [4.69, 9.17) is 4.84 Å². The molecule has 94 valence electrons. The van der Waals surface area contributed by atoms with Crippen molar-refractivity contribution in [1.29, 1.82) is 0 Å². The maximum absolute atomic E-state index is 11.3. The van der Waals surface area contributed by atoms with E-state index in [1.54, 1.807) is 12.1 Å². The van der Waals surface area contributed by atoms with Crippen LogP contribution in [0.15, 0.2) is 34.6 Å². The van der Waals surface area contributed by atoms with Crippen LogP contribution in [0.3, 0.4) is 0 Å². The molecule has 1 aromatic carbocycles. The molecule has 0 bridgehead atoms. The Hall–Kier alpha value is -2.24. The summed E-state index contributed by atoms with van der Waals surface area (Å²) >= 11 is 0. The van der Waals surface area contributed by atoms with E-state index in [1.165, 1.54) is 12.1 Å². The topological polar surface area (TPSA) is 88.3 Å². The maximum Gasteiger partial charge on any atom is 0.330 e. The second-order valence-corrected chi connectivity index (χ2v) is 3.99. The van der Waals surface area contributed by atoms with Crippen LogP contribution in [0, 0.1) is 10.8 Å². The molecule has 18 heavy (non-hydrogen) atoms. The standard InChI is InChI=1S/C12H12N2O4/c1-2-9-10(7-3-5-8(15)6-4-7)14-18-11(9)12(16)13-17/h3-6,9,11,15H,2H2,1H3. The highest BCUT2D eigenvalue weighted by molar-refractivity contribution is 6.06. The van der Waals surface area contributed by atoms with Crippen LogP contribution >= 0.6 is 0 Å². The molecule has 0 spiro atoms. The van der Waals surface area contributed by atoms with E-state index in [0.717, 1.165) is 5.56 Å². The normalized spacial score (nSPS) is 22.2. The lowest BCUT2D eigenvalue weighted by Gasteiger charge is -2.12. The van der Waals surface area contributed by atoms with Crippen LogP contribution in [0.4, 0.5) is 0 Å². The smallest absolute Gasteiger partial charge is 0.330 e. The van der Waals surface area contributed by atoms with Gasteiger partial charge in [-0.2, -0.15) is 0 Å². The van der Waals surface area contributed by atoms with Crippen LogP contribution in [0.2, 0.25) is 0 Å². The quantitative estimate of drug-likeness (QED) is 0.826. The number of nitroso groups, excluding NO2 is 1.